The summed E-state index contributed by atoms with van der Waals surface area (Å²) in [5.74, 6) is -1.35. The number of alkyl halides is 3. The average Bonchev–Trinajstić information content (AvgIpc) is 3.81. The first-order chi connectivity index (χ1) is 30.3. The molecule has 0 spiro atoms. The lowest BCUT2D eigenvalue weighted by atomic mass is 9.77. The van der Waals surface area contributed by atoms with Crippen LogP contribution in [0.3, 0.4) is 0 Å². The van der Waals surface area contributed by atoms with Crippen molar-refractivity contribution in [3.63, 3.8) is 0 Å². The molecule has 6 aromatic rings. The highest BCUT2D eigenvalue weighted by Crippen LogP contribution is 2.46. The smallest absolute Gasteiger partial charge is 0.416 e. The second-order valence-corrected chi connectivity index (χ2v) is 16.7. The third-order valence-corrected chi connectivity index (χ3v) is 12.7. The number of rotatable bonds is 9. The van der Waals surface area contributed by atoms with Crippen molar-refractivity contribution < 1.29 is 52.7 Å². The number of aliphatic carboxylic acids is 1. The van der Waals surface area contributed by atoms with Crippen molar-refractivity contribution in [2.45, 2.75) is 62.3 Å². The van der Waals surface area contributed by atoms with Crippen LogP contribution in [0.2, 0.25) is 0 Å². The van der Waals surface area contributed by atoms with Gasteiger partial charge in [0.15, 0.2) is 0 Å². The van der Waals surface area contributed by atoms with E-state index in [1.165, 1.54) is 23.3 Å². The van der Waals surface area contributed by atoms with Crippen molar-refractivity contribution in [3.05, 3.63) is 178 Å². The predicted molar refractivity (Wildman–Crippen MR) is 232 cm³/mol. The fraction of sp³-hybridized carbons (Fsp3) is 0.269. The zero-order chi connectivity index (χ0) is 44.3. The van der Waals surface area contributed by atoms with Gasteiger partial charge in [-0.05, 0) is 95.0 Å². The van der Waals surface area contributed by atoms with Crippen molar-refractivity contribution >= 4 is 11.9 Å². The summed E-state index contributed by atoms with van der Waals surface area (Å²) < 4.78 is 51.3. The number of aromatic carboxylic acids is 1. The molecule has 6 aromatic carbocycles. The number of carboxylic acid groups (broad SMARTS) is 2. The summed E-state index contributed by atoms with van der Waals surface area (Å²) in [7, 11) is 0. The van der Waals surface area contributed by atoms with E-state index >= 15 is 0 Å². The highest BCUT2D eigenvalue weighted by Gasteiger charge is 2.44. The molecule has 8 nitrogen and oxygen atoms in total. The van der Waals surface area contributed by atoms with E-state index in [2.05, 4.69) is 36.4 Å². The number of aliphatic hydroxyl groups is 2. The molecule has 2 unspecified atom stereocenters. The molecule has 1 saturated carbocycles. The molecule has 2 aliphatic heterocycles. The molecule has 0 aromatic heterocycles. The summed E-state index contributed by atoms with van der Waals surface area (Å²) in [6.07, 6.45) is -1.54. The van der Waals surface area contributed by atoms with E-state index in [-0.39, 0.29) is 35.1 Å². The van der Waals surface area contributed by atoms with Gasteiger partial charge in [0.05, 0.1) is 42.0 Å². The van der Waals surface area contributed by atoms with Gasteiger partial charge < -0.3 is 29.9 Å². The first-order valence-electron chi connectivity index (χ1n) is 21.1. The molecule has 2 heterocycles. The van der Waals surface area contributed by atoms with Crippen LogP contribution in [0.4, 0.5) is 13.2 Å². The predicted octanol–water partition coefficient (Wildman–Crippen LogP) is 10.9. The molecule has 1 fully saturated rings. The lowest BCUT2D eigenvalue weighted by Gasteiger charge is -2.32. The molecule has 4 N–H and O–H groups in total. The summed E-state index contributed by atoms with van der Waals surface area (Å²) in [6, 6.07) is 41.1. The molecule has 324 valence electrons. The van der Waals surface area contributed by atoms with E-state index in [1.54, 1.807) is 6.07 Å². The van der Waals surface area contributed by atoms with E-state index < -0.39 is 41.3 Å². The molecule has 3 aliphatic rings. The number of halogens is 3. The summed E-state index contributed by atoms with van der Waals surface area (Å²) in [5, 5.41) is 41.2. The fourth-order valence-corrected chi connectivity index (χ4v) is 9.13. The van der Waals surface area contributed by atoms with Gasteiger partial charge in [0, 0.05) is 23.0 Å². The topological polar surface area (TPSA) is 134 Å². The van der Waals surface area contributed by atoms with E-state index in [0.29, 0.717) is 42.9 Å². The zero-order valence-corrected chi connectivity index (χ0v) is 34.3. The molecule has 9 rings (SSSR count). The van der Waals surface area contributed by atoms with Gasteiger partial charge >= 0.3 is 18.1 Å². The van der Waals surface area contributed by atoms with Crippen molar-refractivity contribution in [2.75, 3.05) is 13.2 Å². The number of carboxylic acids is 2. The normalized spacial score (nSPS) is 19.9. The van der Waals surface area contributed by atoms with Gasteiger partial charge in [-0.25, -0.2) is 4.79 Å². The molecule has 63 heavy (non-hydrogen) atoms. The van der Waals surface area contributed by atoms with Gasteiger partial charge in [-0.1, -0.05) is 122 Å². The largest absolute Gasteiger partial charge is 0.493 e. The molecule has 0 radical (unpaired) electrons. The molecular weight excluding hydrogens is 810 g/mol. The van der Waals surface area contributed by atoms with Crippen LogP contribution in [0.25, 0.3) is 22.3 Å². The summed E-state index contributed by atoms with van der Waals surface area (Å²) in [4.78, 5) is 23.6. The number of hydrogen-bond acceptors (Lipinski definition) is 6. The third-order valence-electron chi connectivity index (χ3n) is 12.7. The number of benzene rings is 6. The van der Waals surface area contributed by atoms with Crippen molar-refractivity contribution in [2.24, 2.45) is 11.8 Å². The van der Waals surface area contributed by atoms with E-state index in [4.69, 9.17) is 9.47 Å². The zero-order valence-electron chi connectivity index (χ0n) is 34.3. The molecular formula is C52H47F3O8. The molecule has 0 saturated heterocycles. The Labute approximate surface area is 363 Å². The molecule has 0 bridgehead atoms. The lowest BCUT2D eigenvalue weighted by molar-refractivity contribution is -0.143. The van der Waals surface area contributed by atoms with Crippen LogP contribution in [0, 0.1) is 11.8 Å². The van der Waals surface area contributed by atoms with Gasteiger partial charge in [-0.2, -0.15) is 13.2 Å². The second-order valence-electron chi connectivity index (χ2n) is 16.7. The Morgan fingerprint density at radius 2 is 1.13 bits per heavy atom. The lowest BCUT2D eigenvalue weighted by Crippen LogP contribution is -2.33. The van der Waals surface area contributed by atoms with Gasteiger partial charge in [0.2, 0.25) is 0 Å². The highest BCUT2D eigenvalue weighted by molar-refractivity contribution is 5.96. The molecule has 0 amide bonds. The minimum atomic E-state index is -4.60. The third kappa shape index (κ3) is 9.21. The summed E-state index contributed by atoms with van der Waals surface area (Å²) >= 11 is 0. The quantitative estimate of drug-likeness (QED) is 0.113. The Morgan fingerprint density at radius 3 is 1.70 bits per heavy atom. The van der Waals surface area contributed by atoms with Crippen LogP contribution < -0.4 is 9.47 Å². The Kier molecular flexibility index (Phi) is 12.4. The summed E-state index contributed by atoms with van der Waals surface area (Å²) in [6.45, 7) is 0.652. The number of fused-ring (bicyclic) bond motifs is 2. The number of aliphatic hydroxyl groups excluding tert-OH is 2. The van der Waals surface area contributed by atoms with Crippen LogP contribution in [0.5, 0.6) is 11.5 Å². The maximum absolute atomic E-state index is 13.2. The van der Waals surface area contributed by atoms with E-state index in [0.717, 1.165) is 59.7 Å². The minimum absolute atomic E-state index is 0.0455. The standard InChI is InChI=1S/C28H28O4.C24H19F3O4/c29-26-22(16-19-8-10-21(11-9-19)20-6-2-1-3-7-20)18-32-25-17-23(12-13-24(25)26)28(27(30)31)14-4-5-15-28;25-24(26,27)17-7-9-18(23(29)30)20(12-17)15-6-8-19-21(11-15)31-13-16(22(19)28)10-14-4-2-1-3-5-14/h1-3,6-13,17,22,26,29H,4-5,14-16,18H2,(H,30,31);1-9,11-12,16,22,28H,10,13H2,(H,29,30)/t22-,26?;16-,22?/m00/s1. The first-order valence-corrected chi connectivity index (χ1v) is 21.1. The van der Waals surface area contributed by atoms with Crippen molar-refractivity contribution in [1.82, 2.24) is 0 Å². The molecule has 11 heteroatoms. The highest BCUT2D eigenvalue weighted by atomic mass is 19.4. The maximum Gasteiger partial charge on any atom is 0.416 e. The molecule has 1 aliphatic carbocycles. The Morgan fingerprint density at radius 1 is 0.603 bits per heavy atom. The van der Waals surface area contributed by atoms with Crippen LogP contribution in [0.1, 0.15) is 81.6 Å². The van der Waals surface area contributed by atoms with Crippen LogP contribution in [-0.4, -0.2) is 45.6 Å². The van der Waals surface area contributed by atoms with E-state index in [9.17, 15) is 43.2 Å². The Hall–Kier alpha value is -6.43. The van der Waals surface area contributed by atoms with Gasteiger partial charge in [0.1, 0.15) is 11.5 Å². The Bertz CT molecular complexity index is 2570. The minimum Gasteiger partial charge on any atom is -0.493 e. The van der Waals surface area contributed by atoms with Gasteiger partial charge in [-0.3, -0.25) is 4.79 Å². The summed E-state index contributed by atoms with van der Waals surface area (Å²) in [5.41, 5.74) is 4.87. The number of carbonyl (C=O) groups is 2. The van der Waals surface area contributed by atoms with Crippen molar-refractivity contribution in [3.8, 4) is 33.8 Å². The molecule has 4 atom stereocenters. The number of ether oxygens (including phenoxy) is 2. The first kappa shape index (κ1) is 43.2. The monoisotopic (exact) mass is 856 g/mol. The average molecular weight is 857 g/mol. The van der Waals surface area contributed by atoms with Crippen LogP contribution >= 0.6 is 0 Å². The van der Waals surface area contributed by atoms with Crippen LogP contribution in [0.15, 0.2) is 140 Å². The fourth-order valence-electron chi connectivity index (χ4n) is 9.13. The second kappa shape index (κ2) is 18.1. The van der Waals surface area contributed by atoms with Crippen molar-refractivity contribution in [1.29, 1.82) is 0 Å². The SMILES string of the molecule is O=C(O)C1(c2ccc3c(c2)OC[C@H](Cc2ccc(-c4ccccc4)cc2)C3O)CCCC1.O=C(O)c1ccc(C(F)(F)F)cc1-c1ccc2c(c1)OC[C@H](Cc1ccccc1)C2O. The maximum atomic E-state index is 13.2. The number of hydrogen-bond donors (Lipinski definition) is 4. The Balaban J connectivity index is 0.000000173. The van der Waals surface area contributed by atoms with Crippen LogP contribution in [-0.2, 0) is 29.2 Å². The van der Waals surface area contributed by atoms with E-state index in [1.807, 2.05) is 66.7 Å². The van der Waals surface area contributed by atoms with Gasteiger partial charge in [0.25, 0.3) is 0 Å². The van der Waals surface area contributed by atoms with Gasteiger partial charge in [-0.15, -0.1) is 0 Å².